The number of aromatic nitrogens is 2. The highest BCUT2D eigenvalue weighted by atomic mass is 16.2. The minimum atomic E-state index is -0.185. The van der Waals surface area contributed by atoms with Gasteiger partial charge in [-0.15, -0.1) is 0 Å². The fourth-order valence-corrected chi connectivity index (χ4v) is 1.96. The van der Waals surface area contributed by atoms with Crippen LogP contribution in [0.25, 0.3) is 5.69 Å². The first-order valence-corrected chi connectivity index (χ1v) is 6.62. The number of hydrogen-bond acceptors (Lipinski definition) is 3. The van der Waals surface area contributed by atoms with Crippen molar-refractivity contribution in [3.8, 4) is 5.69 Å². The summed E-state index contributed by atoms with van der Waals surface area (Å²) in [6, 6.07) is 7.66. The largest absolute Gasteiger partial charge is 0.330 e. The van der Waals surface area contributed by atoms with Crippen molar-refractivity contribution in [3.05, 3.63) is 47.1 Å². The zero-order chi connectivity index (χ0) is 13.9. The molecule has 1 aromatic heterocycles. The number of rotatable bonds is 5. The van der Waals surface area contributed by atoms with E-state index in [0.29, 0.717) is 12.6 Å². The van der Waals surface area contributed by atoms with Crippen LogP contribution in [0.15, 0.2) is 41.5 Å². The van der Waals surface area contributed by atoms with Crippen molar-refractivity contribution in [3.63, 3.8) is 0 Å². The van der Waals surface area contributed by atoms with E-state index in [0.717, 1.165) is 24.2 Å². The molecule has 0 bridgehead atoms. The number of carbonyl (C=O) groups is 1. The Morgan fingerprint density at radius 1 is 1.30 bits per heavy atom. The summed E-state index contributed by atoms with van der Waals surface area (Å²) in [5.74, 6) is -0.0524. The van der Waals surface area contributed by atoms with Crippen LogP contribution in [0.5, 0.6) is 0 Å². The van der Waals surface area contributed by atoms with Gasteiger partial charge in [0.2, 0.25) is 5.91 Å². The summed E-state index contributed by atoms with van der Waals surface area (Å²) in [4.78, 5) is 25.7. The van der Waals surface area contributed by atoms with E-state index in [9.17, 15) is 9.59 Å². The van der Waals surface area contributed by atoms with Crippen molar-refractivity contribution >= 4 is 11.6 Å². The minimum Gasteiger partial charge on any atom is -0.325 e. The van der Waals surface area contributed by atoms with E-state index >= 15 is 0 Å². The molecule has 6 nitrogen and oxygen atoms in total. The first kappa shape index (κ1) is 12.7. The average Bonchev–Trinajstić information content (AvgIpc) is 3.18. The third-order valence-electron chi connectivity index (χ3n) is 3.21. The molecule has 1 saturated carbocycles. The Morgan fingerprint density at radius 2 is 2.05 bits per heavy atom. The topological polar surface area (TPSA) is 78.9 Å². The standard InChI is InChI=1S/C14H16N4O2/c19-13(9-16-10-1-2-10)17-11-3-5-12(6-4-11)18-8-7-15-14(18)20/h3-8,10,16H,1-2,9H2,(H,15,20)(H,17,19). The van der Waals surface area contributed by atoms with E-state index in [1.165, 1.54) is 4.57 Å². The normalized spacial score (nSPS) is 14.2. The van der Waals surface area contributed by atoms with Crippen LogP contribution >= 0.6 is 0 Å². The van der Waals surface area contributed by atoms with Crippen molar-refractivity contribution in [2.24, 2.45) is 0 Å². The van der Waals surface area contributed by atoms with Crippen molar-refractivity contribution in [1.82, 2.24) is 14.9 Å². The number of hydrogen-bond donors (Lipinski definition) is 3. The van der Waals surface area contributed by atoms with Gasteiger partial charge in [-0.25, -0.2) is 4.79 Å². The van der Waals surface area contributed by atoms with Crippen molar-refractivity contribution < 1.29 is 4.79 Å². The molecular formula is C14H16N4O2. The molecular weight excluding hydrogens is 256 g/mol. The molecule has 104 valence electrons. The van der Waals surface area contributed by atoms with Crippen molar-refractivity contribution in [1.29, 1.82) is 0 Å². The zero-order valence-electron chi connectivity index (χ0n) is 10.9. The van der Waals surface area contributed by atoms with Crippen LogP contribution in [-0.2, 0) is 4.79 Å². The molecule has 1 aromatic carbocycles. The lowest BCUT2D eigenvalue weighted by Crippen LogP contribution is -2.29. The van der Waals surface area contributed by atoms with Gasteiger partial charge in [0.25, 0.3) is 0 Å². The molecule has 1 fully saturated rings. The smallest absolute Gasteiger partial charge is 0.325 e. The molecule has 1 aliphatic carbocycles. The summed E-state index contributed by atoms with van der Waals surface area (Å²) >= 11 is 0. The van der Waals surface area contributed by atoms with E-state index in [1.54, 1.807) is 36.7 Å². The molecule has 1 aliphatic rings. The maximum absolute atomic E-state index is 11.7. The lowest BCUT2D eigenvalue weighted by molar-refractivity contribution is -0.115. The number of nitrogens with one attached hydrogen (secondary N) is 3. The van der Waals surface area contributed by atoms with Gasteiger partial charge in [0, 0.05) is 24.1 Å². The highest BCUT2D eigenvalue weighted by Crippen LogP contribution is 2.18. The molecule has 3 rings (SSSR count). The van der Waals surface area contributed by atoms with Crippen LogP contribution in [0.3, 0.4) is 0 Å². The molecule has 20 heavy (non-hydrogen) atoms. The van der Waals surface area contributed by atoms with Crippen molar-refractivity contribution in [2.75, 3.05) is 11.9 Å². The molecule has 1 amide bonds. The van der Waals surface area contributed by atoms with Gasteiger partial charge in [-0.3, -0.25) is 9.36 Å². The molecule has 0 radical (unpaired) electrons. The predicted octanol–water partition coefficient (Wildman–Crippen LogP) is 0.856. The molecule has 0 aliphatic heterocycles. The maximum atomic E-state index is 11.7. The molecule has 0 unspecified atom stereocenters. The third-order valence-corrected chi connectivity index (χ3v) is 3.21. The zero-order valence-corrected chi connectivity index (χ0v) is 10.9. The lowest BCUT2D eigenvalue weighted by Gasteiger charge is -2.07. The Morgan fingerprint density at radius 3 is 2.65 bits per heavy atom. The van der Waals surface area contributed by atoms with Gasteiger partial charge in [0.05, 0.1) is 12.2 Å². The third kappa shape index (κ3) is 2.97. The quantitative estimate of drug-likeness (QED) is 0.755. The molecule has 6 heteroatoms. The Balaban J connectivity index is 1.62. The van der Waals surface area contributed by atoms with Crippen LogP contribution in [0.1, 0.15) is 12.8 Å². The summed E-state index contributed by atoms with van der Waals surface area (Å²) in [7, 11) is 0. The Labute approximate surface area is 115 Å². The number of amides is 1. The van der Waals surface area contributed by atoms with Gasteiger partial charge >= 0.3 is 5.69 Å². The maximum Gasteiger partial charge on any atom is 0.330 e. The van der Waals surface area contributed by atoms with Gasteiger partial charge in [0.15, 0.2) is 0 Å². The molecule has 0 saturated heterocycles. The van der Waals surface area contributed by atoms with Crippen LogP contribution in [0.4, 0.5) is 5.69 Å². The van der Waals surface area contributed by atoms with E-state index in [2.05, 4.69) is 15.6 Å². The van der Waals surface area contributed by atoms with E-state index in [-0.39, 0.29) is 11.6 Å². The predicted molar refractivity (Wildman–Crippen MR) is 76.0 cm³/mol. The first-order valence-electron chi connectivity index (χ1n) is 6.62. The Hall–Kier alpha value is -2.34. The van der Waals surface area contributed by atoms with Crippen LogP contribution < -0.4 is 16.3 Å². The summed E-state index contributed by atoms with van der Waals surface area (Å²) in [6.45, 7) is 0.337. The van der Waals surface area contributed by atoms with Crippen LogP contribution in [-0.4, -0.2) is 28.0 Å². The van der Waals surface area contributed by atoms with Crippen LogP contribution in [0.2, 0.25) is 0 Å². The second-order valence-corrected chi connectivity index (χ2v) is 4.89. The number of H-pyrrole nitrogens is 1. The second-order valence-electron chi connectivity index (χ2n) is 4.89. The van der Waals surface area contributed by atoms with E-state index < -0.39 is 0 Å². The SMILES string of the molecule is O=C(CNC1CC1)Nc1ccc(-n2cc[nH]c2=O)cc1. The summed E-state index contributed by atoms with van der Waals surface area (Å²) in [6.07, 6.45) is 5.57. The lowest BCUT2D eigenvalue weighted by atomic mass is 10.2. The fraction of sp³-hybridized carbons (Fsp3) is 0.286. The number of aromatic amines is 1. The Bertz CT molecular complexity index is 652. The van der Waals surface area contributed by atoms with E-state index in [4.69, 9.17) is 0 Å². The fourth-order valence-electron chi connectivity index (χ4n) is 1.96. The monoisotopic (exact) mass is 272 g/mol. The highest BCUT2D eigenvalue weighted by Gasteiger charge is 2.21. The van der Waals surface area contributed by atoms with Gasteiger partial charge in [-0.2, -0.15) is 0 Å². The molecule has 3 N–H and O–H groups in total. The first-order chi connectivity index (χ1) is 9.72. The molecule has 1 heterocycles. The number of benzene rings is 1. The summed E-state index contributed by atoms with van der Waals surface area (Å²) < 4.78 is 1.50. The van der Waals surface area contributed by atoms with Gasteiger partial charge in [-0.1, -0.05) is 0 Å². The van der Waals surface area contributed by atoms with Gasteiger partial charge in [-0.05, 0) is 37.1 Å². The molecule has 0 atom stereocenters. The van der Waals surface area contributed by atoms with E-state index in [1.807, 2.05) is 0 Å². The number of anilines is 1. The number of nitrogens with zero attached hydrogens (tertiary/aromatic N) is 1. The number of carbonyl (C=O) groups excluding carboxylic acids is 1. The summed E-state index contributed by atoms with van der Waals surface area (Å²) in [5.41, 5.74) is 1.29. The van der Waals surface area contributed by atoms with Gasteiger partial charge < -0.3 is 15.6 Å². The van der Waals surface area contributed by atoms with Crippen LogP contribution in [0, 0.1) is 0 Å². The highest BCUT2D eigenvalue weighted by molar-refractivity contribution is 5.92. The molecule has 2 aromatic rings. The minimum absolute atomic E-state index is 0.0524. The number of imidazole rings is 1. The second kappa shape index (κ2) is 5.34. The average molecular weight is 272 g/mol. The van der Waals surface area contributed by atoms with Gasteiger partial charge in [0.1, 0.15) is 0 Å². The van der Waals surface area contributed by atoms with Crippen molar-refractivity contribution in [2.45, 2.75) is 18.9 Å². The Kier molecular flexibility index (Phi) is 3.39. The molecule has 0 spiro atoms. The summed E-state index contributed by atoms with van der Waals surface area (Å²) in [5, 5.41) is 5.97.